The minimum atomic E-state index is -0.856. The number of carboxylic acids is 1. The molecule has 2 aromatic carbocycles. The molecule has 5 rings (SSSR count). The number of hydrogen-bond donors (Lipinski definition) is 3. The molecule has 1 aromatic heterocycles. The number of amides is 1. The number of aliphatic hydroxyl groups excluding tert-OH is 1. The molecule has 228 valence electrons. The van der Waals surface area contributed by atoms with Crippen molar-refractivity contribution in [2.75, 3.05) is 42.9 Å². The topological polar surface area (TPSA) is 137 Å². The van der Waals surface area contributed by atoms with Gasteiger partial charge in [-0.3, -0.25) is 14.5 Å². The van der Waals surface area contributed by atoms with Crippen LogP contribution in [0.4, 0.5) is 11.6 Å². The van der Waals surface area contributed by atoms with Crippen molar-refractivity contribution < 1.29 is 29.3 Å². The van der Waals surface area contributed by atoms with Gasteiger partial charge in [-0.1, -0.05) is 36.4 Å². The summed E-state index contributed by atoms with van der Waals surface area (Å²) in [7, 11) is 0. The number of aromatic nitrogens is 2. The van der Waals surface area contributed by atoms with Gasteiger partial charge in [0.1, 0.15) is 0 Å². The molecular weight excluding hydrogens is 550 g/mol. The molecule has 2 aliphatic rings. The lowest BCUT2D eigenvalue weighted by atomic mass is 9.99. The number of nitrogens with zero attached hydrogens (tertiary/aromatic N) is 4. The van der Waals surface area contributed by atoms with Gasteiger partial charge in [-0.05, 0) is 42.2 Å². The number of aliphatic hydroxyl groups is 1. The van der Waals surface area contributed by atoms with Crippen molar-refractivity contribution in [3.63, 3.8) is 0 Å². The quantitative estimate of drug-likeness (QED) is 0.267. The Balaban J connectivity index is 1.25. The van der Waals surface area contributed by atoms with Crippen molar-refractivity contribution in [3.05, 3.63) is 83.7 Å². The van der Waals surface area contributed by atoms with Crippen molar-refractivity contribution in [2.45, 2.75) is 57.2 Å². The molecule has 2 fully saturated rings. The first-order valence-electron chi connectivity index (χ1n) is 14.8. The van der Waals surface area contributed by atoms with Crippen LogP contribution < -0.4 is 10.2 Å². The van der Waals surface area contributed by atoms with E-state index in [-0.39, 0.29) is 37.6 Å². The number of piperazine rings is 1. The highest BCUT2D eigenvalue weighted by Crippen LogP contribution is 2.38. The molecule has 2 saturated heterocycles. The van der Waals surface area contributed by atoms with Crippen molar-refractivity contribution in [1.82, 2.24) is 14.9 Å². The number of rotatable bonds is 12. The van der Waals surface area contributed by atoms with Crippen LogP contribution in [0.15, 0.2) is 67.0 Å². The second-order valence-electron chi connectivity index (χ2n) is 11.0. The lowest BCUT2D eigenvalue weighted by Crippen LogP contribution is -2.50. The summed E-state index contributed by atoms with van der Waals surface area (Å²) >= 11 is 0. The standard InChI is InChI=1S/C32H39N5O6/c38-22-23-9-11-24(12-10-23)28-20-27(21-36-15-17-37(18-16-36)32-33-13-4-14-34-32)42-31(43-28)25-5-3-6-26(19-25)35-29(39)7-1-2-8-30(40)41/h3-6,9-14,19,27-28,31,38H,1-2,7-8,15-18,20-22H2,(H,35,39)(H,40,41). The maximum Gasteiger partial charge on any atom is 0.303 e. The Bertz CT molecular complexity index is 1330. The van der Waals surface area contributed by atoms with Gasteiger partial charge in [0.2, 0.25) is 11.9 Å². The molecule has 3 atom stereocenters. The number of benzene rings is 2. The Morgan fingerprint density at radius 1 is 0.907 bits per heavy atom. The molecule has 11 heteroatoms. The minimum Gasteiger partial charge on any atom is -0.481 e. The Morgan fingerprint density at radius 2 is 1.65 bits per heavy atom. The zero-order valence-corrected chi connectivity index (χ0v) is 24.2. The molecule has 0 radical (unpaired) electrons. The van der Waals surface area contributed by atoms with Crippen LogP contribution >= 0.6 is 0 Å². The molecule has 0 bridgehead atoms. The predicted octanol–water partition coefficient (Wildman–Crippen LogP) is 3.92. The average Bonchev–Trinajstić information content (AvgIpc) is 3.04. The van der Waals surface area contributed by atoms with E-state index in [9.17, 15) is 14.7 Å². The third kappa shape index (κ3) is 8.80. The molecule has 3 N–H and O–H groups in total. The van der Waals surface area contributed by atoms with Gasteiger partial charge in [0.25, 0.3) is 0 Å². The van der Waals surface area contributed by atoms with E-state index in [1.165, 1.54) is 0 Å². The summed E-state index contributed by atoms with van der Waals surface area (Å²) in [5.74, 6) is -0.262. The summed E-state index contributed by atoms with van der Waals surface area (Å²) in [6.45, 7) is 4.14. The Kier molecular flexibility index (Phi) is 10.7. The summed E-state index contributed by atoms with van der Waals surface area (Å²) in [5.41, 5.74) is 3.30. The van der Waals surface area contributed by atoms with Gasteiger partial charge in [0, 0.05) is 75.6 Å². The highest BCUT2D eigenvalue weighted by molar-refractivity contribution is 5.90. The fraction of sp³-hybridized carbons (Fsp3) is 0.438. The largest absolute Gasteiger partial charge is 0.481 e. The molecular formula is C32H39N5O6. The van der Waals surface area contributed by atoms with Crippen LogP contribution in [0.3, 0.4) is 0 Å². The first-order chi connectivity index (χ1) is 21.0. The SMILES string of the molecule is O=C(O)CCCCC(=O)Nc1cccc(C2OC(CN3CCN(c4ncccn4)CC3)CC(c3ccc(CO)cc3)O2)c1. The number of carbonyl (C=O) groups is 2. The van der Waals surface area contributed by atoms with Crippen molar-refractivity contribution in [1.29, 1.82) is 0 Å². The van der Waals surface area contributed by atoms with E-state index in [1.807, 2.05) is 54.6 Å². The number of hydrogen-bond acceptors (Lipinski definition) is 9. The van der Waals surface area contributed by atoms with E-state index >= 15 is 0 Å². The zero-order chi connectivity index (χ0) is 30.0. The summed E-state index contributed by atoms with van der Waals surface area (Å²) in [6, 6.07) is 17.1. The van der Waals surface area contributed by atoms with E-state index in [2.05, 4.69) is 25.1 Å². The summed E-state index contributed by atoms with van der Waals surface area (Å²) in [5, 5.41) is 21.2. The van der Waals surface area contributed by atoms with Crippen LogP contribution in [0.5, 0.6) is 0 Å². The number of anilines is 2. The van der Waals surface area contributed by atoms with Crippen molar-refractivity contribution in [2.24, 2.45) is 0 Å². The van der Waals surface area contributed by atoms with Gasteiger partial charge in [0.15, 0.2) is 6.29 Å². The van der Waals surface area contributed by atoms with E-state index < -0.39 is 12.3 Å². The van der Waals surface area contributed by atoms with Gasteiger partial charge in [-0.25, -0.2) is 9.97 Å². The van der Waals surface area contributed by atoms with Gasteiger partial charge >= 0.3 is 5.97 Å². The number of ether oxygens (including phenoxy) is 2. The van der Waals surface area contributed by atoms with E-state index in [1.54, 1.807) is 12.4 Å². The average molecular weight is 590 g/mol. The number of carbonyl (C=O) groups excluding carboxylic acids is 1. The van der Waals surface area contributed by atoms with Crippen molar-refractivity contribution in [3.8, 4) is 0 Å². The smallest absolute Gasteiger partial charge is 0.303 e. The molecule has 0 spiro atoms. The number of aliphatic carboxylic acids is 1. The second-order valence-corrected chi connectivity index (χ2v) is 11.0. The molecule has 3 aromatic rings. The van der Waals surface area contributed by atoms with E-state index in [4.69, 9.17) is 14.6 Å². The predicted molar refractivity (Wildman–Crippen MR) is 160 cm³/mol. The Hall–Kier alpha value is -3.90. The van der Waals surface area contributed by atoms with Crippen LogP contribution in [-0.4, -0.2) is 75.8 Å². The van der Waals surface area contributed by atoms with Crippen LogP contribution in [0.1, 0.15) is 61.2 Å². The highest BCUT2D eigenvalue weighted by Gasteiger charge is 2.34. The maximum atomic E-state index is 12.5. The molecule has 0 saturated carbocycles. The lowest BCUT2D eigenvalue weighted by molar-refractivity contribution is -0.253. The zero-order valence-electron chi connectivity index (χ0n) is 24.2. The Labute approximate surface area is 251 Å². The number of unbranched alkanes of at least 4 members (excludes halogenated alkanes) is 1. The van der Waals surface area contributed by atoms with E-state index in [0.29, 0.717) is 24.9 Å². The van der Waals surface area contributed by atoms with E-state index in [0.717, 1.165) is 55.4 Å². The maximum absolute atomic E-state index is 12.5. The number of nitrogens with one attached hydrogen (secondary N) is 1. The van der Waals surface area contributed by atoms with Crippen LogP contribution in [0.25, 0.3) is 0 Å². The molecule has 43 heavy (non-hydrogen) atoms. The van der Waals surface area contributed by atoms with Gasteiger partial charge in [-0.2, -0.15) is 0 Å². The normalized spacial score (nSPS) is 21.0. The molecule has 11 nitrogen and oxygen atoms in total. The summed E-state index contributed by atoms with van der Waals surface area (Å²) < 4.78 is 13.0. The minimum absolute atomic E-state index is 0.0156. The Morgan fingerprint density at radius 3 is 2.37 bits per heavy atom. The van der Waals surface area contributed by atoms with Gasteiger partial charge < -0.3 is 29.9 Å². The fourth-order valence-corrected chi connectivity index (χ4v) is 5.45. The second kappa shape index (κ2) is 15.0. The van der Waals surface area contributed by atoms with Gasteiger partial charge in [-0.15, -0.1) is 0 Å². The first-order valence-corrected chi connectivity index (χ1v) is 14.8. The monoisotopic (exact) mass is 589 g/mol. The van der Waals surface area contributed by atoms with Crippen LogP contribution in [-0.2, 0) is 25.7 Å². The highest BCUT2D eigenvalue weighted by atomic mass is 16.7. The van der Waals surface area contributed by atoms with Crippen LogP contribution in [0, 0.1) is 0 Å². The third-order valence-corrected chi connectivity index (χ3v) is 7.77. The van der Waals surface area contributed by atoms with Crippen molar-refractivity contribution >= 4 is 23.5 Å². The van der Waals surface area contributed by atoms with Crippen LogP contribution in [0.2, 0.25) is 0 Å². The number of carboxylic acid groups (broad SMARTS) is 1. The molecule has 1 amide bonds. The molecule has 2 aliphatic heterocycles. The van der Waals surface area contributed by atoms with Gasteiger partial charge in [0.05, 0.1) is 18.8 Å². The third-order valence-electron chi connectivity index (χ3n) is 7.77. The molecule has 3 heterocycles. The summed E-state index contributed by atoms with van der Waals surface area (Å²) in [6.07, 6.45) is 4.57. The fourth-order valence-electron chi connectivity index (χ4n) is 5.45. The molecule has 0 aliphatic carbocycles. The lowest BCUT2D eigenvalue weighted by Gasteiger charge is -2.40. The summed E-state index contributed by atoms with van der Waals surface area (Å²) in [4.78, 5) is 36.6. The molecule has 3 unspecified atom stereocenters. The first kappa shape index (κ1) is 30.6.